The van der Waals surface area contributed by atoms with E-state index in [1.807, 2.05) is 18.2 Å². The molecule has 5 aromatic rings. The minimum Gasteiger partial charge on any atom is -0.378 e. The molecule has 0 radical (unpaired) electrons. The number of hydrogen-bond acceptors (Lipinski definition) is 9. The molecule has 12 heteroatoms. The number of nitrogens with zero attached hydrogens (tertiary/aromatic N) is 6. The fraction of sp³-hybridized carbons (Fsp3) is 0.148. The summed E-state index contributed by atoms with van der Waals surface area (Å²) in [7, 11) is -3.84. The van der Waals surface area contributed by atoms with Crippen LogP contribution in [0.5, 0.6) is 0 Å². The predicted molar refractivity (Wildman–Crippen MR) is 149 cm³/mol. The number of nitrogens with one attached hydrogen (secondary N) is 1. The number of hydrogen-bond donors (Lipinski definition) is 1. The normalized spacial score (nSPS) is 13.9. The van der Waals surface area contributed by atoms with Crippen LogP contribution in [-0.2, 0) is 14.8 Å². The molecule has 0 aliphatic carbocycles. The van der Waals surface area contributed by atoms with Crippen LogP contribution >= 0.6 is 11.6 Å². The van der Waals surface area contributed by atoms with Gasteiger partial charge in [0.1, 0.15) is 0 Å². The van der Waals surface area contributed by atoms with Gasteiger partial charge in [0.25, 0.3) is 10.0 Å². The van der Waals surface area contributed by atoms with Crippen LogP contribution in [0, 0.1) is 0 Å². The van der Waals surface area contributed by atoms with Crippen molar-refractivity contribution in [3.63, 3.8) is 0 Å². The summed E-state index contributed by atoms with van der Waals surface area (Å²) in [6.07, 6.45) is 6.83. The maximum absolute atomic E-state index is 12.9. The van der Waals surface area contributed by atoms with E-state index in [2.05, 4.69) is 34.8 Å². The zero-order valence-electron chi connectivity index (χ0n) is 20.5. The van der Waals surface area contributed by atoms with Crippen molar-refractivity contribution in [1.82, 2.24) is 25.1 Å². The average Bonchev–Trinajstić information content (AvgIpc) is 2.98. The van der Waals surface area contributed by atoms with Gasteiger partial charge in [0.15, 0.2) is 5.15 Å². The Bertz CT molecular complexity index is 1750. The molecule has 196 valence electrons. The summed E-state index contributed by atoms with van der Waals surface area (Å²) in [6.45, 7) is 2.81. The van der Waals surface area contributed by atoms with Crippen molar-refractivity contribution in [2.24, 2.45) is 0 Å². The largest absolute Gasteiger partial charge is 0.378 e. The Morgan fingerprint density at radius 3 is 2.36 bits per heavy atom. The third-order valence-corrected chi connectivity index (χ3v) is 8.04. The molecule has 3 aromatic heterocycles. The van der Waals surface area contributed by atoms with Crippen LogP contribution in [-0.4, -0.2) is 59.9 Å². The number of ether oxygens (including phenoxy) is 1. The number of aromatic nitrogens is 5. The smallest absolute Gasteiger partial charge is 0.261 e. The molecule has 2 aromatic carbocycles. The highest BCUT2D eigenvalue weighted by molar-refractivity contribution is 7.92. The molecule has 4 heterocycles. The molecule has 1 aliphatic heterocycles. The minimum atomic E-state index is -3.84. The number of rotatable bonds is 6. The summed E-state index contributed by atoms with van der Waals surface area (Å²) in [5, 5.41) is 9.31. The van der Waals surface area contributed by atoms with E-state index in [1.54, 1.807) is 49.1 Å². The summed E-state index contributed by atoms with van der Waals surface area (Å²) in [5.41, 5.74) is 3.97. The fourth-order valence-corrected chi connectivity index (χ4v) is 5.62. The van der Waals surface area contributed by atoms with E-state index in [4.69, 9.17) is 16.3 Å². The van der Waals surface area contributed by atoms with Crippen LogP contribution in [0.15, 0.2) is 84.3 Å². The number of anilines is 2. The first-order valence-electron chi connectivity index (χ1n) is 12.1. The number of benzene rings is 2. The van der Waals surface area contributed by atoms with Gasteiger partial charge in [0.2, 0.25) is 5.95 Å². The first kappa shape index (κ1) is 25.1. The van der Waals surface area contributed by atoms with Crippen molar-refractivity contribution in [1.29, 1.82) is 0 Å². The van der Waals surface area contributed by atoms with Crippen molar-refractivity contribution < 1.29 is 13.2 Å². The molecule has 0 saturated carbocycles. The van der Waals surface area contributed by atoms with Crippen molar-refractivity contribution in [3.8, 4) is 22.3 Å². The van der Waals surface area contributed by atoms with Gasteiger partial charge in [-0.05, 0) is 35.9 Å². The van der Waals surface area contributed by atoms with E-state index >= 15 is 0 Å². The Balaban J connectivity index is 1.34. The van der Waals surface area contributed by atoms with E-state index in [0.29, 0.717) is 30.2 Å². The second-order valence-electron chi connectivity index (χ2n) is 8.84. The number of fused-ring (bicyclic) bond motifs is 1. The predicted octanol–water partition coefficient (Wildman–Crippen LogP) is 4.44. The SMILES string of the molecule is O=S(=O)(Nc1cc(-c2ccc3nncc(-c4cnc(N5CCOCC5)nc4)c3c2)cnc1Cl)c1ccccc1. The maximum Gasteiger partial charge on any atom is 0.261 e. The molecule has 0 spiro atoms. The average molecular weight is 560 g/mol. The molecule has 0 atom stereocenters. The molecule has 1 fully saturated rings. The molecule has 1 saturated heterocycles. The number of morpholine rings is 1. The van der Waals surface area contributed by atoms with Crippen molar-refractivity contribution in [2.75, 3.05) is 35.9 Å². The van der Waals surface area contributed by atoms with Gasteiger partial charge in [-0.3, -0.25) is 4.72 Å². The third-order valence-electron chi connectivity index (χ3n) is 6.35. The van der Waals surface area contributed by atoms with Crippen molar-refractivity contribution in [2.45, 2.75) is 4.90 Å². The summed E-state index contributed by atoms with van der Waals surface area (Å²) in [5.74, 6) is 0.659. The summed E-state index contributed by atoms with van der Waals surface area (Å²) < 4.78 is 33.7. The van der Waals surface area contributed by atoms with Crippen LogP contribution in [0.1, 0.15) is 0 Å². The van der Waals surface area contributed by atoms with Crippen molar-refractivity contribution >= 4 is 44.2 Å². The van der Waals surface area contributed by atoms with Gasteiger partial charge in [-0.2, -0.15) is 10.2 Å². The van der Waals surface area contributed by atoms with E-state index < -0.39 is 10.0 Å². The molecule has 39 heavy (non-hydrogen) atoms. The van der Waals surface area contributed by atoms with E-state index in [0.717, 1.165) is 35.2 Å². The molecular weight excluding hydrogens is 538 g/mol. The zero-order chi connectivity index (χ0) is 26.8. The van der Waals surface area contributed by atoms with Gasteiger partial charge < -0.3 is 9.64 Å². The second-order valence-corrected chi connectivity index (χ2v) is 10.9. The van der Waals surface area contributed by atoms with Gasteiger partial charge in [-0.15, -0.1) is 0 Å². The lowest BCUT2D eigenvalue weighted by Crippen LogP contribution is -2.37. The van der Waals surface area contributed by atoms with Gasteiger partial charge in [0.05, 0.1) is 35.5 Å². The zero-order valence-corrected chi connectivity index (χ0v) is 22.1. The second kappa shape index (κ2) is 10.5. The number of sulfonamides is 1. The van der Waals surface area contributed by atoms with Crippen LogP contribution in [0.2, 0.25) is 5.15 Å². The topological polar surface area (TPSA) is 123 Å². The number of pyridine rings is 1. The Hall–Kier alpha value is -4.19. The molecule has 0 amide bonds. The Kier molecular flexibility index (Phi) is 6.77. The Labute approximate surface area is 229 Å². The lowest BCUT2D eigenvalue weighted by molar-refractivity contribution is 0.122. The molecule has 6 rings (SSSR count). The lowest BCUT2D eigenvalue weighted by Gasteiger charge is -2.26. The standard InChI is InChI=1S/C27H22ClN7O3S/c28-26-25(34-39(36,37)21-4-2-1-3-5-21)13-19(14-29-26)18-6-7-24-22(12-18)23(17-32-33-24)20-15-30-27(31-16-20)35-8-10-38-11-9-35/h1-7,12-17,34H,8-11H2. The molecular formula is C27H22ClN7O3S. The van der Waals surface area contributed by atoms with Crippen molar-refractivity contribution in [3.05, 3.63) is 84.5 Å². The van der Waals surface area contributed by atoms with Crippen LogP contribution in [0.25, 0.3) is 33.2 Å². The van der Waals surface area contributed by atoms with Crippen LogP contribution in [0.4, 0.5) is 11.6 Å². The molecule has 1 N–H and O–H groups in total. The minimum absolute atomic E-state index is 0.0445. The molecule has 0 unspecified atom stereocenters. The summed E-state index contributed by atoms with van der Waals surface area (Å²) in [6, 6.07) is 15.4. The van der Waals surface area contributed by atoms with Gasteiger partial charge in [0, 0.05) is 53.8 Å². The first-order chi connectivity index (χ1) is 19.0. The highest BCUT2D eigenvalue weighted by atomic mass is 35.5. The molecule has 1 aliphatic rings. The van der Waals surface area contributed by atoms with E-state index in [1.165, 1.54) is 12.1 Å². The summed E-state index contributed by atoms with van der Waals surface area (Å²) >= 11 is 6.27. The monoisotopic (exact) mass is 559 g/mol. The van der Waals surface area contributed by atoms with E-state index in [-0.39, 0.29) is 15.7 Å². The van der Waals surface area contributed by atoms with Crippen LogP contribution in [0.3, 0.4) is 0 Å². The Morgan fingerprint density at radius 1 is 0.846 bits per heavy atom. The highest BCUT2D eigenvalue weighted by Gasteiger charge is 2.18. The number of halogens is 1. The Morgan fingerprint density at radius 2 is 1.59 bits per heavy atom. The first-order valence-corrected chi connectivity index (χ1v) is 14.0. The fourth-order valence-electron chi connectivity index (χ4n) is 4.33. The highest BCUT2D eigenvalue weighted by Crippen LogP contribution is 2.33. The molecule has 0 bridgehead atoms. The van der Waals surface area contributed by atoms with Gasteiger partial charge in [-0.25, -0.2) is 23.4 Å². The van der Waals surface area contributed by atoms with Gasteiger partial charge >= 0.3 is 0 Å². The third kappa shape index (κ3) is 5.24. The maximum atomic E-state index is 12.9. The lowest BCUT2D eigenvalue weighted by atomic mass is 10.0. The quantitative estimate of drug-likeness (QED) is 0.301. The van der Waals surface area contributed by atoms with Gasteiger partial charge in [-0.1, -0.05) is 35.9 Å². The van der Waals surface area contributed by atoms with E-state index in [9.17, 15) is 8.42 Å². The summed E-state index contributed by atoms with van der Waals surface area (Å²) in [4.78, 5) is 15.6. The van der Waals surface area contributed by atoms with Crippen LogP contribution < -0.4 is 9.62 Å². The molecule has 10 nitrogen and oxygen atoms in total.